The topological polar surface area (TPSA) is 143 Å². The number of benzene rings is 1. The second kappa shape index (κ2) is 11.0. The van der Waals surface area contributed by atoms with Crippen molar-refractivity contribution in [1.82, 2.24) is 24.8 Å². The number of rotatable bonds is 8. The molecule has 1 saturated heterocycles. The summed E-state index contributed by atoms with van der Waals surface area (Å²) in [5.41, 5.74) is 7.29. The van der Waals surface area contributed by atoms with Crippen molar-refractivity contribution in [3.05, 3.63) is 34.5 Å². The van der Waals surface area contributed by atoms with Gasteiger partial charge in [-0.2, -0.15) is 15.2 Å². The van der Waals surface area contributed by atoms with Crippen LogP contribution in [0.4, 0.5) is 19.6 Å². The molecule has 3 N–H and O–H groups in total. The summed E-state index contributed by atoms with van der Waals surface area (Å²) in [5, 5.41) is 13.8. The fourth-order valence-corrected chi connectivity index (χ4v) is 7.48. The largest absolute Gasteiger partial charge is 0.463 e. The normalized spacial score (nSPS) is 18.9. The third-order valence-electron chi connectivity index (χ3n) is 8.91. The van der Waals surface area contributed by atoms with Gasteiger partial charge in [-0.1, -0.05) is 0 Å². The number of fused-ring (bicyclic) bond motifs is 4. The van der Waals surface area contributed by atoms with Crippen molar-refractivity contribution in [2.75, 3.05) is 51.9 Å². The van der Waals surface area contributed by atoms with Crippen molar-refractivity contribution < 1.29 is 23.0 Å². The molecule has 14 heteroatoms. The number of nitrogens with zero attached hydrogens (tertiary/aromatic N) is 6. The predicted octanol–water partition coefficient (Wildman–Crippen LogP) is 4.42. The van der Waals surface area contributed by atoms with Crippen molar-refractivity contribution in [3.63, 3.8) is 0 Å². The van der Waals surface area contributed by atoms with Gasteiger partial charge in [-0.25, -0.2) is 8.78 Å². The van der Waals surface area contributed by atoms with Crippen molar-refractivity contribution >= 4 is 49.1 Å². The second-order valence-corrected chi connectivity index (χ2v) is 13.5. The number of carbonyl (C=O) groups excluding carboxylic acids is 1. The van der Waals surface area contributed by atoms with Crippen LogP contribution in [-0.4, -0.2) is 77.5 Å². The highest BCUT2D eigenvalue weighted by Gasteiger charge is 2.44. The van der Waals surface area contributed by atoms with Gasteiger partial charge in [0.2, 0.25) is 5.91 Å². The molecular formula is C31H32F2N8O3S. The van der Waals surface area contributed by atoms with Crippen LogP contribution in [0.15, 0.2) is 6.20 Å². The van der Waals surface area contributed by atoms with Gasteiger partial charge in [0.05, 0.1) is 47.4 Å². The molecule has 0 unspecified atom stereocenters. The number of pyridine rings is 1. The number of carbonyl (C=O) groups is 1. The van der Waals surface area contributed by atoms with Crippen molar-refractivity contribution in [2.24, 2.45) is 5.41 Å². The number of amides is 1. The molecule has 3 aliphatic rings. The molecular weight excluding hydrogens is 602 g/mol. The van der Waals surface area contributed by atoms with Gasteiger partial charge >= 0.3 is 6.01 Å². The zero-order valence-corrected chi connectivity index (χ0v) is 26.0. The second-order valence-electron chi connectivity index (χ2n) is 12.5. The van der Waals surface area contributed by atoms with Crippen LogP contribution in [0.2, 0.25) is 0 Å². The summed E-state index contributed by atoms with van der Waals surface area (Å²) in [6, 6.07) is 1.44. The van der Waals surface area contributed by atoms with Crippen molar-refractivity contribution in [3.8, 4) is 23.3 Å². The zero-order valence-electron chi connectivity index (χ0n) is 25.2. The van der Waals surface area contributed by atoms with Gasteiger partial charge in [0.1, 0.15) is 28.4 Å². The van der Waals surface area contributed by atoms with E-state index >= 15 is 4.39 Å². The summed E-state index contributed by atoms with van der Waals surface area (Å²) in [4.78, 5) is 30.4. The molecule has 0 radical (unpaired) electrons. The number of hydrogen-bond acceptors (Lipinski definition) is 11. The van der Waals surface area contributed by atoms with Gasteiger partial charge in [0, 0.05) is 36.5 Å². The van der Waals surface area contributed by atoms with Crippen LogP contribution in [0.3, 0.4) is 0 Å². The maximum absolute atomic E-state index is 17.1. The minimum atomic E-state index is -0.736. The molecule has 4 aromatic rings. The number of thiophene rings is 1. The Morgan fingerprint density at radius 2 is 2.04 bits per heavy atom. The number of nitriles is 1. The molecule has 7 rings (SSSR count). The van der Waals surface area contributed by atoms with Crippen LogP contribution in [0, 0.1) is 28.4 Å². The number of nitrogen functional groups attached to an aromatic ring is 1. The van der Waals surface area contributed by atoms with E-state index in [2.05, 4.69) is 20.2 Å². The number of hydrogen-bond donors (Lipinski definition) is 2. The van der Waals surface area contributed by atoms with Crippen molar-refractivity contribution in [2.45, 2.75) is 44.9 Å². The van der Waals surface area contributed by atoms with E-state index in [-0.39, 0.29) is 73.8 Å². The minimum Gasteiger partial charge on any atom is -0.463 e. The number of nitrogens with two attached hydrogens (primary N) is 1. The van der Waals surface area contributed by atoms with Crippen LogP contribution < -0.4 is 15.8 Å². The zero-order chi connectivity index (χ0) is 31.6. The van der Waals surface area contributed by atoms with Crippen LogP contribution in [0.5, 0.6) is 6.01 Å². The SMILES string of the molecule is CN(C)CC1(COc2nc(N[C@@H]3CCCN(C)C3=O)c3c4c(c(-c5ncc(F)c6sc(N)c(C#N)c56)c(F)c3n2)COC4)CC1. The summed E-state index contributed by atoms with van der Waals surface area (Å²) in [6.07, 6.45) is 4.38. The highest BCUT2D eigenvalue weighted by molar-refractivity contribution is 7.23. The van der Waals surface area contributed by atoms with Gasteiger partial charge in [-0.3, -0.25) is 9.78 Å². The highest BCUT2D eigenvalue weighted by Crippen LogP contribution is 2.48. The summed E-state index contributed by atoms with van der Waals surface area (Å²) in [5.74, 6) is -1.19. The third-order valence-corrected chi connectivity index (χ3v) is 9.94. The van der Waals surface area contributed by atoms with Crippen LogP contribution >= 0.6 is 11.3 Å². The van der Waals surface area contributed by atoms with Gasteiger partial charge in [0.15, 0.2) is 11.6 Å². The molecule has 11 nitrogen and oxygen atoms in total. The summed E-state index contributed by atoms with van der Waals surface area (Å²) >= 11 is 0.917. The highest BCUT2D eigenvalue weighted by atomic mass is 32.1. The van der Waals surface area contributed by atoms with E-state index in [1.54, 1.807) is 11.9 Å². The van der Waals surface area contributed by atoms with Crippen LogP contribution in [0.1, 0.15) is 42.4 Å². The molecule has 1 amide bonds. The maximum Gasteiger partial charge on any atom is 0.319 e. The summed E-state index contributed by atoms with van der Waals surface area (Å²) in [7, 11) is 5.76. The molecule has 5 heterocycles. The van der Waals surface area contributed by atoms with E-state index < -0.39 is 17.7 Å². The van der Waals surface area contributed by atoms with E-state index in [0.29, 0.717) is 36.1 Å². The minimum absolute atomic E-state index is 0.0231. The van der Waals surface area contributed by atoms with E-state index in [1.165, 1.54) is 0 Å². The van der Waals surface area contributed by atoms with E-state index in [1.807, 2.05) is 20.2 Å². The fraction of sp³-hybridized carbons (Fsp3) is 0.452. The third kappa shape index (κ3) is 4.99. The Balaban J connectivity index is 1.43. The number of halogens is 2. The Kier molecular flexibility index (Phi) is 7.22. The number of aromatic nitrogens is 3. The van der Waals surface area contributed by atoms with Gasteiger partial charge in [-0.15, -0.1) is 11.3 Å². The first kappa shape index (κ1) is 29.5. The lowest BCUT2D eigenvalue weighted by atomic mass is 9.93. The molecule has 2 aliphatic heterocycles. The molecule has 3 aromatic heterocycles. The Morgan fingerprint density at radius 1 is 1.27 bits per heavy atom. The maximum atomic E-state index is 17.1. The molecule has 1 aliphatic carbocycles. The molecule has 1 aromatic carbocycles. The quantitative estimate of drug-likeness (QED) is 0.286. The number of piperidine rings is 1. The first-order valence-corrected chi connectivity index (χ1v) is 15.6. The lowest BCUT2D eigenvalue weighted by Crippen LogP contribution is -2.45. The summed E-state index contributed by atoms with van der Waals surface area (Å²) in [6.45, 7) is 2.01. The molecule has 1 atom stereocenters. The number of ether oxygens (including phenoxy) is 2. The molecule has 1 saturated carbocycles. The van der Waals surface area contributed by atoms with Gasteiger partial charge < -0.3 is 30.3 Å². The molecule has 45 heavy (non-hydrogen) atoms. The Labute approximate surface area is 261 Å². The lowest BCUT2D eigenvalue weighted by molar-refractivity contribution is -0.132. The number of likely N-dealkylation sites (N-methyl/N-ethyl adjacent to an activating group) is 1. The van der Waals surface area contributed by atoms with Gasteiger partial charge in [0.25, 0.3) is 0 Å². The molecule has 0 bridgehead atoms. The lowest BCUT2D eigenvalue weighted by Gasteiger charge is -2.30. The Morgan fingerprint density at radius 3 is 2.78 bits per heavy atom. The fourth-order valence-electron chi connectivity index (χ4n) is 6.56. The standard InChI is InChI=1S/C31H32F2N8O3S/c1-40(2)13-31(6-7-31)14-44-30-38-25-22(28(39-30)37-19-5-4-8-41(3)29(19)42)17-12-43-11-16(17)20(23(25)33)24-21-15(9-34)27(35)45-26(21)18(32)10-36-24/h10,19H,4-8,11-14,35H2,1-3H3,(H,37,38,39)/t19-/m1/s1. The molecule has 0 spiro atoms. The Hall–Kier alpha value is -4.19. The average Bonchev–Trinajstić information content (AvgIpc) is 3.42. The van der Waals surface area contributed by atoms with E-state index in [4.69, 9.17) is 20.2 Å². The number of nitrogens with one attached hydrogen (secondary N) is 1. The smallest absolute Gasteiger partial charge is 0.319 e. The average molecular weight is 635 g/mol. The predicted molar refractivity (Wildman–Crippen MR) is 166 cm³/mol. The Bertz CT molecular complexity index is 1920. The number of likely N-dealkylation sites (tertiary alicyclic amines) is 1. The van der Waals surface area contributed by atoms with Gasteiger partial charge in [-0.05, 0) is 50.9 Å². The van der Waals surface area contributed by atoms with E-state index in [9.17, 15) is 14.4 Å². The van der Waals surface area contributed by atoms with Crippen LogP contribution in [0.25, 0.3) is 32.2 Å². The molecule has 2 fully saturated rings. The van der Waals surface area contributed by atoms with E-state index in [0.717, 1.165) is 43.3 Å². The first-order valence-electron chi connectivity index (χ1n) is 14.8. The van der Waals surface area contributed by atoms with Crippen LogP contribution in [-0.2, 0) is 22.7 Å². The first-order chi connectivity index (χ1) is 21.6. The summed E-state index contributed by atoms with van der Waals surface area (Å²) < 4.78 is 44.1. The monoisotopic (exact) mass is 634 g/mol. The van der Waals surface area contributed by atoms with Crippen molar-refractivity contribution in [1.29, 1.82) is 5.26 Å². The number of anilines is 2. The molecule has 234 valence electrons.